The molecule has 4 heteroatoms. The van der Waals surface area contributed by atoms with Gasteiger partial charge in [-0.2, -0.15) is 0 Å². The number of rotatable bonds is 6. The molecule has 1 fully saturated rings. The van der Waals surface area contributed by atoms with Crippen LogP contribution in [0.5, 0.6) is 0 Å². The molecule has 1 heterocycles. The fourth-order valence-electron chi connectivity index (χ4n) is 3.26. The minimum atomic E-state index is -0.172. The summed E-state index contributed by atoms with van der Waals surface area (Å²) in [5.41, 5.74) is 2.12. The number of aliphatic hydroxyl groups excluding tert-OH is 1. The first-order valence-corrected chi connectivity index (χ1v) is 8.81. The Morgan fingerprint density at radius 1 is 1.39 bits per heavy atom. The third-order valence-electron chi connectivity index (χ3n) is 5.10. The fraction of sp³-hybridized carbons (Fsp3) is 0.632. The minimum Gasteiger partial charge on any atom is -0.396 e. The predicted molar refractivity (Wildman–Crippen MR) is 94.6 cm³/mol. The summed E-state index contributed by atoms with van der Waals surface area (Å²) < 4.78 is 0. The van der Waals surface area contributed by atoms with Gasteiger partial charge in [0.1, 0.15) is 0 Å². The second kappa shape index (κ2) is 8.46. The van der Waals surface area contributed by atoms with Gasteiger partial charge in [0.2, 0.25) is 5.91 Å². The first-order valence-electron chi connectivity index (χ1n) is 8.81. The van der Waals surface area contributed by atoms with Crippen LogP contribution in [-0.2, 0) is 4.79 Å². The van der Waals surface area contributed by atoms with Gasteiger partial charge in [0.25, 0.3) is 0 Å². The molecule has 0 spiro atoms. The molecule has 0 saturated carbocycles. The Hall–Kier alpha value is -1.39. The van der Waals surface area contributed by atoms with E-state index in [1.54, 1.807) is 0 Å². The summed E-state index contributed by atoms with van der Waals surface area (Å²) in [7, 11) is 0. The van der Waals surface area contributed by atoms with Crippen LogP contribution in [0.15, 0.2) is 24.3 Å². The van der Waals surface area contributed by atoms with Crippen LogP contribution in [0.25, 0.3) is 0 Å². The molecule has 0 aromatic heterocycles. The second-order valence-electron chi connectivity index (χ2n) is 6.75. The number of carbonyl (C=O) groups is 1. The Morgan fingerprint density at radius 2 is 2.13 bits per heavy atom. The molecule has 3 atom stereocenters. The number of hydrogen-bond donors (Lipinski definition) is 2. The average Bonchev–Trinajstić information content (AvgIpc) is 2.60. The van der Waals surface area contributed by atoms with Gasteiger partial charge in [-0.3, -0.25) is 9.69 Å². The number of benzene rings is 1. The standard InChI is InChI=1S/C19H30N2O2/c1-4-14(2)17-9-5-6-10-18(17)20-19(23)15(3)21-11-7-8-16(12-21)13-22/h5-6,9-10,14-16,22H,4,7-8,11-13H2,1-3H3,(H,20,23). The van der Waals surface area contributed by atoms with Gasteiger partial charge in [-0.05, 0) is 56.2 Å². The highest BCUT2D eigenvalue weighted by Gasteiger charge is 2.27. The molecule has 1 aliphatic rings. The molecule has 2 N–H and O–H groups in total. The highest BCUT2D eigenvalue weighted by molar-refractivity contribution is 5.95. The highest BCUT2D eigenvalue weighted by Crippen LogP contribution is 2.27. The van der Waals surface area contributed by atoms with Crippen LogP contribution in [0.4, 0.5) is 5.69 Å². The number of anilines is 1. The first-order chi connectivity index (χ1) is 11.1. The molecule has 1 amide bonds. The molecule has 0 radical (unpaired) electrons. The Labute approximate surface area is 139 Å². The van der Waals surface area contributed by atoms with Crippen LogP contribution >= 0.6 is 0 Å². The van der Waals surface area contributed by atoms with E-state index in [9.17, 15) is 9.90 Å². The number of hydrogen-bond acceptors (Lipinski definition) is 3. The Bertz CT molecular complexity index is 518. The lowest BCUT2D eigenvalue weighted by Crippen LogP contribution is -2.47. The van der Waals surface area contributed by atoms with E-state index in [4.69, 9.17) is 0 Å². The minimum absolute atomic E-state index is 0.0411. The summed E-state index contributed by atoms with van der Waals surface area (Å²) in [6.07, 6.45) is 3.15. The molecule has 0 aliphatic carbocycles. The average molecular weight is 318 g/mol. The van der Waals surface area contributed by atoms with Crippen molar-refractivity contribution in [3.8, 4) is 0 Å². The first kappa shape index (κ1) is 18.0. The number of carbonyl (C=O) groups excluding carboxylic acids is 1. The third kappa shape index (κ3) is 4.55. The molecule has 128 valence electrons. The van der Waals surface area contributed by atoms with Crippen LogP contribution in [-0.4, -0.2) is 41.7 Å². The van der Waals surface area contributed by atoms with Gasteiger partial charge in [-0.15, -0.1) is 0 Å². The van der Waals surface area contributed by atoms with Gasteiger partial charge in [0.05, 0.1) is 6.04 Å². The zero-order valence-electron chi connectivity index (χ0n) is 14.6. The number of amides is 1. The van der Waals surface area contributed by atoms with Crippen LogP contribution in [0.3, 0.4) is 0 Å². The molecule has 1 saturated heterocycles. The number of aliphatic hydroxyl groups is 1. The van der Waals surface area contributed by atoms with E-state index in [1.165, 1.54) is 5.56 Å². The summed E-state index contributed by atoms with van der Waals surface area (Å²) in [6.45, 7) is 8.25. The van der Waals surface area contributed by atoms with Gasteiger partial charge >= 0.3 is 0 Å². The monoisotopic (exact) mass is 318 g/mol. The number of nitrogens with zero attached hydrogens (tertiary/aromatic N) is 1. The Kier molecular flexibility index (Phi) is 6.60. The van der Waals surface area contributed by atoms with Crippen molar-refractivity contribution in [3.63, 3.8) is 0 Å². The molecule has 1 aliphatic heterocycles. The molecule has 2 rings (SSSR count). The van der Waals surface area contributed by atoms with Crippen molar-refractivity contribution in [2.24, 2.45) is 5.92 Å². The van der Waals surface area contributed by atoms with E-state index < -0.39 is 0 Å². The molecule has 3 unspecified atom stereocenters. The van der Waals surface area contributed by atoms with Gasteiger partial charge in [0, 0.05) is 18.8 Å². The number of nitrogens with one attached hydrogen (secondary N) is 1. The van der Waals surface area contributed by atoms with Gasteiger partial charge in [-0.1, -0.05) is 32.0 Å². The van der Waals surface area contributed by atoms with Crippen molar-refractivity contribution >= 4 is 11.6 Å². The van der Waals surface area contributed by atoms with Crippen LogP contribution in [0.2, 0.25) is 0 Å². The van der Waals surface area contributed by atoms with Gasteiger partial charge in [-0.25, -0.2) is 0 Å². The van der Waals surface area contributed by atoms with E-state index in [-0.39, 0.29) is 18.6 Å². The highest BCUT2D eigenvalue weighted by atomic mass is 16.3. The quantitative estimate of drug-likeness (QED) is 0.846. The Balaban J connectivity index is 2.04. The normalized spacial score (nSPS) is 21.7. The van der Waals surface area contributed by atoms with Crippen molar-refractivity contribution in [1.82, 2.24) is 4.90 Å². The lowest BCUT2D eigenvalue weighted by Gasteiger charge is -2.35. The van der Waals surface area contributed by atoms with Crippen molar-refractivity contribution < 1.29 is 9.90 Å². The lowest BCUT2D eigenvalue weighted by atomic mass is 9.96. The van der Waals surface area contributed by atoms with Crippen molar-refractivity contribution in [2.45, 2.75) is 52.0 Å². The maximum atomic E-state index is 12.7. The predicted octanol–water partition coefficient (Wildman–Crippen LogP) is 3.23. The van der Waals surface area contributed by atoms with E-state index in [0.29, 0.717) is 11.8 Å². The van der Waals surface area contributed by atoms with Crippen LogP contribution < -0.4 is 5.32 Å². The summed E-state index contributed by atoms with van der Waals surface area (Å²) in [5, 5.41) is 12.5. The van der Waals surface area contributed by atoms with Crippen molar-refractivity contribution in [1.29, 1.82) is 0 Å². The topological polar surface area (TPSA) is 52.6 Å². The van der Waals surface area contributed by atoms with E-state index in [1.807, 2.05) is 25.1 Å². The zero-order valence-corrected chi connectivity index (χ0v) is 14.6. The van der Waals surface area contributed by atoms with Gasteiger partial charge in [0.15, 0.2) is 0 Å². The summed E-state index contributed by atoms with van der Waals surface area (Å²) in [4.78, 5) is 14.8. The molecule has 0 bridgehead atoms. The number of likely N-dealkylation sites (tertiary alicyclic amines) is 1. The van der Waals surface area contributed by atoms with Gasteiger partial charge < -0.3 is 10.4 Å². The molecular weight excluding hydrogens is 288 g/mol. The smallest absolute Gasteiger partial charge is 0.241 e. The van der Waals surface area contributed by atoms with Crippen LogP contribution in [0, 0.1) is 5.92 Å². The third-order valence-corrected chi connectivity index (χ3v) is 5.10. The lowest BCUT2D eigenvalue weighted by molar-refractivity contribution is -0.121. The second-order valence-corrected chi connectivity index (χ2v) is 6.75. The van der Waals surface area contributed by atoms with E-state index in [0.717, 1.165) is 38.0 Å². The zero-order chi connectivity index (χ0) is 16.8. The summed E-state index contributed by atoms with van der Waals surface area (Å²) in [6, 6.07) is 7.90. The van der Waals surface area contributed by atoms with Crippen molar-refractivity contribution in [2.75, 3.05) is 25.0 Å². The van der Waals surface area contributed by atoms with E-state index >= 15 is 0 Å². The molecular formula is C19H30N2O2. The molecule has 23 heavy (non-hydrogen) atoms. The SMILES string of the molecule is CCC(C)c1ccccc1NC(=O)C(C)N1CCCC(CO)C1. The maximum absolute atomic E-state index is 12.7. The Morgan fingerprint density at radius 3 is 2.83 bits per heavy atom. The number of para-hydroxylation sites is 1. The number of piperidine rings is 1. The fourth-order valence-corrected chi connectivity index (χ4v) is 3.26. The molecule has 1 aromatic carbocycles. The summed E-state index contributed by atoms with van der Waals surface area (Å²) in [5.74, 6) is 0.765. The van der Waals surface area contributed by atoms with E-state index in [2.05, 4.69) is 30.1 Å². The van der Waals surface area contributed by atoms with Crippen LogP contribution in [0.1, 0.15) is 51.5 Å². The molecule has 1 aromatic rings. The maximum Gasteiger partial charge on any atom is 0.241 e. The summed E-state index contributed by atoms with van der Waals surface area (Å²) >= 11 is 0. The molecule has 4 nitrogen and oxygen atoms in total. The van der Waals surface area contributed by atoms with Crippen molar-refractivity contribution in [3.05, 3.63) is 29.8 Å². The largest absolute Gasteiger partial charge is 0.396 e.